The molecule has 2 rings (SSSR count). The van der Waals surface area contributed by atoms with Gasteiger partial charge >= 0.3 is 29.6 Å². The van der Waals surface area contributed by atoms with Crippen LogP contribution in [-0.2, 0) is 10.1 Å². The van der Waals surface area contributed by atoms with Gasteiger partial charge in [0.2, 0.25) is 5.88 Å². The van der Waals surface area contributed by atoms with Crippen molar-refractivity contribution in [3.8, 4) is 11.6 Å². The zero-order valence-corrected chi connectivity index (χ0v) is 12.2. The first-order valence-corrected chi connectivity index (χ1v) is 5.91. The summed E-state index contributed by atoms with van der Waals surface area (Å²) in [6, 6.07) is 5.96. The summed E-state index contributed by atoms with van der Waals surface area (Å²) in [7, 11) is -4.25. The van der Waals surface area contributed by atoms with E-state index >= 15 is 0 Å². The van der Waals surface area contributed by atoms with Crippen LogP contribution in [0.15, 0.2) is 40.0 Å². The van der Waals surface area contributed by atoms with Gasteiger partial charge in [-0.25, -0.2) is 4.68 Å². The molecule has 18 heavy (non-hydrogen) atoms. The molecule has 0 aliphatic rings. The fraction of sp³-hybridized carbons (Fsp3) is 0. The molecule has 0 unspecified atom stereocenters. The minimum atomic E-state index is -4.25. The van der Waals surface area contributed by atoms with Gasteiger partial charge in [0.1, 0.15) is 0 Å². The normalized spacial score (nSPS) is 10.9. The summed E-state index contributed by atoms with van der Waals surface area (Å²) in [6.07, 6.45) is 0. The summed E-state index contributed by atoms with van der Waals surface area (Å²) in [5.74, 6) is -0.297. The molecular formula is C9H9N2NaO5S. The third-order valence-electron chi connectivity index (χ3n) is 2.10. The van der Waals surface area contributed by atoms with Crippen molar-refractivity contribution in [2.24, 2.45) is 0 Å². The van der Waals surface area contributed by atoms with Crippen LogP contribution in [-0.4, -0.2) is 27.9 Å². The van der Waals surface area contributed by atoms with Crippen molar-refractivity contribution in [2.75, 3.05) is 0 Å². The van der Waals surface area contributed by atoms with E-state index in [1.807, 2.05) is 0 Å². The monoisotopic (exact) mass is 280 g/mol. The fourth-order valence-electron chi connectivity index (χ4n) is 1.35. The first-order chi connectivity index (χ1) is 7.88. The number of benzene rings is 1. The minimum absolute atomic E-state index is 0. The standard InChI is InChI=1S/C9H8N2O5S.Na.H/c12-8-5-9(13)11(10-8)6-1-3-7(4-2-6)17(14,15)16;;/h1-5,13H,(H,10,12)(H,14,15,16);;/q;+1;-1. The Morgan fingerprint density at radius 2 is 1.78 bits per heavy atom. The molecule has 1 aromatic heterocycles. The van der Waals surface area contributed by atoms with Crippen LogP contribution in [0, 0.1) is 0 Å². The Morgan fingerprint density at radius 1 is 1.22 bits per heavy atom. The van der Waals surface area contributed by atoms with E-state index in [-0.39, 0.29) is 41.8 Å². The Kier molecular flexibility index (Phi) is 4.41. The van der Waals surface area contributed by atoms with E-state index in [4.69, 9.17) is 4.55 Å². The number of nitrogens with zero attached hydrogens (tertiary/aromatic N) is 1. The average Bonchev–Trinajstić information content (AvgIpc) is 2.57. The van der Waals surface area contributed by atoms with E-state index < -0.39 is 15.7 Å². The number of nitrogens with one attached hydrogen (secondary N) is 1. The molecule has 0 saturated carbocycles. The largest absolute Gasteiger partial charge is 1.00 e. The summed E-state index contributed by atoms with van der Waals surface area (Å²) >= 11 is 0. The molecule has 0 saturated heterocycles. The SMILES string of the molecule is O=c1cc(O)n(-c2ccc(S(=O)(=O)O)cc2)[nH]1.[H-].[Na+]. The molecule has 9 heteroatoms. The van der Waals surface area contributed by atoms with Crippen LogP contribution in [0.4, 0.5) is 0 Å². The second-order valence-electron chi connectivity index (χ2n) is 3.28. The number of aromatic nitrogens is 2. The Balaban J connectivity index is 0.00000162. The molecule has 0 radical (unpaired) electrons. The minimum Gasteiger partial charge on any atom is -1.00 e. The van der Waals surface area contributed by atoms with Crippen LogP contribution in [0.1, 0.15) is 1.43 Å². The molecule has 0 amide bonds. The summed E-state index contributed by atoms with van der Waals surface area (Å²) in [5, 5.41) is 11.7. The Labute approximate surface area is 126 Å². The number of hydrogen-bond acceptors (Lipinski definition) is 4. The van der Waals surface area contributed by atoms with Crippen LogP contribution >= 0.6 is 0 Å². The van der Waals surface area contributed by atoms with Crippen LogP contribution in [0.3, 0.4) is 0 Å². The molecule has 92 valence electrons. The topological polar surface area (TPSA) is 112 Å². The number of aromatic hydroxyl groups is 1. The maximum atomic E-state index is 10.9. The van der Waals surface area contributed by atoms with E-state index in [9.17, 15) is 18.3 Å². The summed E-state index contributed by atoms with van der Waals surface area (Å²) in [4.78, 5) is 10.7. The number of H-pyrrole nitrogens is 1. The molecule has 7 nitrogen and oxygen atoms in total. The third kappa shape index (κ3) is 3.03. The van der Waals surface area contributed by atoms with Crippen molar-refractivity contribution in [3.05, 3.63) is 40.7 Å². The zero-order valence-electron chi connectivity index (χ0n) is 10.4. The summed E-state index contributed by atoms with van der Waals surface area (Å²) in [6.45, 7) is 0. The van der Waals surface area contributed by atoms with E-state index in [1.165, 1.54) is 12.1 Å². The molecule has 0 bridgehead atoms. The Morgan fingerprint density at radius 3 is 2.17 bits per heavy atom. The number of hydrogen-bond donors (Lipinski definition) is 3. The quantitative estimate of drug-likeness (QED) is 0.407. The van der Waals surface area contributed by atoms with Crippen LogP contribution in [0.2, 0.25) is 0 Å². The first kappa shape index (κ1) is 15.0. The van der Waals surface area contributed by atoms with Crippen LogP contribution in [0.25, 0.3) is 5.69 Å². The van der Waals surface area contributed by atoms with Crippen molar-refractivity contribution in [1.29, 1.82) is 0 Å². The van der Waals surface area contributed by atoms with Gasteiger partial charge in [0.15, 0.2) is 0 Å². The molecular weight excluding hydrogens is 271 g/mol. The van der Waals surface area contributed by atoms with Crippen LogP contribution in [0.5, 0.6) is 5.88 Å². The van der Waals surface area contributed by atoms with E-state index in [1.54, 1.807) is 0 Å². The molecule has 2 aromatic rings. The maximum absolute atomic E-state index is 10.9. The predicted molar refractivity (Wildman–Crippen MR) is 59.0 cm³/mol. The molecule has 1 aromatic carbocycles. The summed E-state index contributed by atoms with van der Waals surface area (Å²) in [5.41, 5.74) is -0.127. The predicted octanol–water partition coefficient (Wildman–Crippen LogP) is -2.77. The molecule has 0 fully saturated rings. The van der Waals surface area contributed by atoms with Gasteiger partial charge in [-0.15, -0.1) is 0 Å². The second-order valence-corrected chi connectivity index (χ2v) is 4.70. The van der Waals surface area contributed by atoms with Gasteiger partial charge in [0.25, 0.3) is 15.7 Å². The number of aromatic amines is 1. The van der Waals surface area contributed by atoms with Crippen molar-refractivity contribution in [1.82, 2.24) is 9.78 Å². The molecule has 0 atom stereocenters. The fourth-order valence-corrected chi connectivity index (χ4v) is 1.83. The van der Waals surface area contributed by atoms with E-state index in [0.717, 1.165) is 22.9 Å². The van der Waals surface area contributed by atoms with E-state index in [2.05, 4.69) is 5.10 Å². The van der Waals surface area contributed by atoms with Crippen molar-refractivity contribution >= 4 is 10.1 Å². The van der Waals surface area contributed by atoms with Crippen molar-refractivity contribution in [2.45, 2.75) is 4.90 Å². The van der Waals surface area contributed by atoms with Gasteiger partial charge in [-0.05, 0) is 24.3 Å². The van der Waals surface area contributed by atoms with Gasteiger partial charge in [-0.2, -0.15) is 8.42 Å². The van der Waals surface area contributed by atoms with E-state index in [0.29, 0.717) is 5.69 Å². The molecule has 0 aliphatic carbocycles. The van der Waals surface area contributed by atoms with Crippen LogP contribution < -0.4 is 35.1 Å². The summed E-state index contributed by atoms with van der Waals surface area (Å²) < 4.78 is 31.4. The van der Waals surface area contributed by atoms with Gasteiger partial charge in [0.05, 0.1) is 16.6 Å². The van der Waals surface area contributed by atoms with Crippen molar-refractivity contribution < 1.29 is 49.1 Å². The smallest absolute Gasteiger partial charge is 1.00 e. The molecule has 0 spiro atoms. The van der Waals surface area contributed by atoms with Gasteiger partial charge in [-0.1, -0.05) is 0 Å². The van der Waals surface area contributed by atoms with Crippen molar-refractivity contribution in [3.63, 3.8) is 0 Å². The molecule has 3 N–H and O–H groups in total. The molecule has 0 aliphatic heterocycles. The zero-order chi connectivity index (χ0) is 12.6. The van der Waals surface area contributed by atoms with Gasteiger partial charge < -0.3 is 6.53 Å². The average molecular weight is 280 g/mol. The van der Waals surface area contributed by atoms with Gasteiger partial charge in [0, 0.05) is 0 Å². The third-order valence-corrected chi connectivity index (χ3v) is 2.97. The van der Waals surface area contributed by atoms with Gasteiger partial charge in [-0.3, -0.25) is 14.4 Å². The maximum Gasteiger partial charge on any atom is 1.00 e. The second kappa shape index (κ2) is 5.29. The first-order valence-electron chi connectivity index (χ1n) is 4.47. The number of rotatable bonds is 2. The Bertz CT molecular complexity index is 707. The molecule has 1 heterocycles. The Hall–Kier alpha value is -1.06.